The molecule has 1 aromatic rings. The standard InChI is InChI=1S/C14H19NO4/c1-8-5-6-19-12(8)11-9(13(17)18)7-10(16)15(11)14(2,3)4/h5-6,9,11H,7H2,1-4H3,(H,17,18). The van der Waals surface area contributed by atoms with Crippen LogP contribution in [-0.4, -0.2) is 27.4 Å². The molecule has 104 valence electrons. The van der Waals surface area contributed by atoms with E-state index < -0.39 is 23.5 Å². The normalized spacial score (nSPS) is 24.0. The Morgan fingerprint density at radius 1 is 1.47 bits per heavy atom. The lowest BCUT2D eigenvalue weighted by Crippen LogP contribution is -2.44. The van der Waals surface area contributed by atoms with Gasteiger partial charge in [0.15, 0.2) is 0 Å². The number of likely N-dealkylation sites (tertiary alicyclic amines) is 1. The number of amides is 1. The molecule has 1 N–H and O–H groups in total. The number of carbonyl (C=O) groups excluding carboxylic acids is 1. The van der Waals surface area contributed by atoms with Crippen LogP contribution < -0.4 is 0 Å². The van der Waals surface area contributed by atoms with Crippen molar-refractivity contribution in [2.24, 2.45) is 5.92 Å². The van der Waals surface area contributed by atoms with Crippen LogP contribution >= 0.6 is 0 Å². The Labute approximate surface area is 112 Å². The summed E-state index contributed by atoms with van der Waals surface area (Å²) in [5, 5.41) is 9.35. The molecule has 1 fully saturated rings. The Morgan fingerprint density at radius 3 is 2.53 bits per heavy atom. The van der Waals surface area contributed by atoms with Crippen molar-refractivity contribution in [1.29, 1.82) is 0 Å². The molecule has 1 aromatic heterocycles. The molecule has 5 nitrogen and oxygen atoms in total. The fraction of sp³-hybridized carbons (Fsp3) is 0.571. The first-order valence-electron chi connectivity index (χ1n) is 6.32. The summed E-state index contributed by atoms with van der Waals surface area (Å²) in [4.78, 5) is 25.2. The molecular weight excluding hydrogens is 246 g/mol. The predicted molar refractivity (Wildman–Crippen MR) is 68.5 cm³/mol. The Bertz CT molecular complexity index is 512. The topological polar surface area (TPSA) is 70.7 Å². The summed E-state index contributed by atoms with van der Waals surface area (Å²) in [6.07, 6.45) is 1.56. The van der Waals surface area contributed by atoms with Gasteiger partial charge in [0.25, 0.3) is 0 Å². The first-order valence-corrected chi connectivity index (χ1v) is 6.32. The van der Waals surface area contributed by atoms with Gasteiger partial charge in [0.1, 0.15) is 11.8 Å². The maximum Gasteiger partial charge on any atom is 0.309 e. The van der Waals surface area contributed by atoms with Crippen LogP contribution in [0.4, 0.5) is 0 Å². The third-order valence-corrected chi connectivity index (χ3v) is 3.53. The minimum absolute atomic E-state index is 0.0252. The van der Waals surface area contributed by atoms with Gasteiger partial charge in [-0.05, 0) is 39.3 Å². The molecule has 0 saturated carbocycles. The Hall–Kier alpha value is -1.78. The number of aliphatic carboxylic acids is 1. The third kappa shape index (κ3) is 2.25. The predicted octanol–water partition coefficient (Wildman–Crippen LogP) is 2.36. The molecule has 0 spiro atoms. The van der Waals surface area contributed by atoms with Gasteiger partial charge in [0, 0.05) is 12.0 Å². The van der Waals surface area contributed by atoms with Gasteiger partial charge in [-0.3, -0.25) is 9.59 Å². The Kier molecular flexibility index (Phi) is 3.16. The number of rotatable bonds is 2. The molecule has 1 saturated heterocycles. The molecule has 0 radical (unpaired) electrons. The fourth-order valence-electron chi connectivity index (χ4n) is 2.73. The summed E-state index contributed by atoms with van der Waals surface area (Å²) in [5.41, 5.74) is 0.436. The maximum absolute atomic E-state index is 12.2. The number of carbonyl (C=O) groups is 2. The first-order chi connectivity index (χ1) is 8.73. The molecule has 2 rings (SSSR count). The summed E-state index contributed by atoms with van der Waals surface area (Å²) < 4.78 is 5.45. The zero-order chi connectivity index (χ0) is 14.4. The second-order valence-electron chi connectivity index (χ2n) is 6.00. The second-order valence-corrected chi connectivity index (χ2v) is 6.00. The molecule has 0 bridgehead atoms. The van der Waals surface area contributed by atoms with E-state index in [0.29, 0.717) is 5.76 Å². The van der Waals surface area contributed by atoms with Crippen LogP contribution in [-0.2, 0) is 9.59 Å². The molecule has 0 aliphatic carbocycles. The van der Waals surface area contributed by atoms with Crippen molar-refractivity contribution in [2.75, 3.05) is 0 Å². The lowest BCUT2D eigenvalue weighted by Gasteiger charge is -2.37. The highest BCUT2D eigenvalue weighted by molar-refractivity contribution is 5.87. The largest absolute Gasteiger partial charge is 0.481 e. The molecule has 2 atom stereocenters. The molecule has 0 aromatic carbocycles. The minimum atomic E-state index is -0.957. The van der Waals surface area contributed by atoms with E-state index in [9.17, 15) is 14.7 Å². The van der Waals surface area contributed by atoms with E-state index in [2.05, 4.69) is 0 Å². The van der Waals surface area contributed by atoms with Crippen LogP contribution in [0.3, 0.4) is 0 Å². The summed E-state index contributed by atoms with van der Waals surface area (Å²) in [6, 6.07) is 1.26. The number of hydrogen-bond acceptors (Lipinski definition) is 3. The van der Waals surface area contributed by atoms with Gasteiger partial charge in [-0.25, -0.2) is 0 Å². The minimum Gasteiger partial charge on any atom is -0.481 e. The molecule has 1 aliphatic rings. The van der Waals surface area contributed by atoms with Crippen molar-refractivity contribution in [1.82, 2.24) is 4.90 Å². The highest BCUT2D eigenvalue weighted by Crippen LogP contribution is 2.43. The molecule has 5 heteroatoms. The van der Waals surface area contributed by atoms with Gasteiger partial charge < -0.3 is 14.4 Å². The van der Waals surface area contributed by atoms with Crippen LogP contribution in [0.15, 0.2) is 16.7 Å². The average molecular weight is 265 g/mol. The van der Waals surface area contributed by atoms with Crippen molar-refractivity contribution >= 4 is 11.9 Å². The van der Waals surface area contributed by atoms with E-state index in [-0.39, 0.29) is 12.3 Å². The fourth-order valence-corrected chi connectivity index (χ4v) is 2.73. The van der Waals surface area contributed by atoms with E-state index in [1.165, 1.54) is 6.26 Å². The Morgan fingerprint density at radius 2 is 2.11 bits per heavy atom. The van der Waals surface area contributed by atoms with E-state index in [1.54, 1.807) is 11.0 Å². The van der Waals surface area contributed by atoms with Gasteiger partial charge in [-0.1, -0.05) is 0 Å². The number of hydrogen-bond donors (Lipinski definition) is 1. The van der Waals surface area contributed by atoms with Crippen LogP contribution in [0.25, 0.3) is 0 Å². The Balaban J connectivity index is 2.51. The number of carboxylic acid groups (broad SMARTS) is 1. The smallest absolute Gasteiger partial charge is 0.309 e. The second kappa shape index (κ2) is 4.40. The number of aryl methyl sites for hydroxylation is 1. The van der Waals surface area contributed by atoms with Crippen molar-refractivity contribution in [2.45, 2.75) is 45.7 Å². The van der Waals surface area contributed by atoms with Gasteiger partial charge in [0.2, 0.25) is 5.91 Å². The quantitative estimate of drug-likeness (QED) is 0.891. The van der Waals surface area contributed by atoms with Crippen molar-refractivity contribution < 1.29 is 19.1 Å². The third-order valence-electron chi connectivity index (χ3n) is 3.53. The van der Waals surface area contributed by atoms with Crippen molar-refractivity contribution in [3.63, 3.8) is 0 Å². The molecule has 19 heavy (non-hydrogen) atoms. The van der Waals surface area contributed by atoms with Crippen molar-refractivity contribution in [3.05, 3.63) is 23.7 Å². The zero-order valence-electron chi connectivity index (χ0n) is 11.6. The van der Waals surface area contributed by atoms with Crippen molar-refractivity contribution in [3.8, 4) is 0 Å². The monoisotopic (exact) mass is 265 g/mol. The van der Waals surface area contributed by atoms with Crippen LogP contribution in [0.5, 0.6) is 0 Å². The van der Waals surface area contributed by atoms with E-state index in [4.69, 9.17) is 4.42 Å². The molecule has 2 heterocycles. The molecule has 2 unspecified atom stereocenters. The van der Waals surface area contributed by atoms with Gasteiger partial charge in [-0.15, -0.1) is 0 Å². The maximum atomic E-state index is 12.2. The molecule has 1 aliphatic heterocycles. The van der Waals surface area contributed by atoms with Crippen LogP contribution in [0.1, 0.15) is 44.6 Å². The number of nitrogens with zero attached hydrogens (tertiary/aromatic N) is 1. The van der Waals surface area contributed by atoms with E-state index in [0.717, 1.165) is 5.56 Å². The van der Waals surface area contributed by atoms with Crippen LogP contribution in [0, 0.1) is 12.8 Å². The van der Waals surface area contributed by atoms with E-state index in [1.807, 2.05) is 27.7 Å². The summed E-state index contributed by atoms with van der Waals surface area (Å²) in [5.74, 6) is -1.27. The zero-order valence-corrected chi connectivity index (χ0v) is 11.6. The SMILES string of the molecule is Cc1ccoc1C1C(C(=O)O)CC(=O)N1C(C)(C)C. The van der Waals surface area contributed by atoms with E-state index >= 15 is 0 Å². The van der Waals surface area contributed by atoms with Gasteiger partial charge in [0.05, 0.1) is 12.2 Å². The highest BCUT2D eigenvalue weighted by atomic mass is 16.4. The van der Waals surface area contributed by atoms with Gasteiger partial charge in [-0.2, -0.15) is 0 Å². The molecule has 1 amide bonds. The first kappa shape index (κ1) is 13.6. The number of carboxylic acids is 1. The summed E-state index contributed by atoms with van der Waals surface area (Å²) in [6.45, 7) is 7.57. The lowest BCUT2D eigenvalue weighted by atomic mass is 9.94. The summed E-state index contributed by atoms with van der Waals surface area (Å²) in [7, 11) is 0. The number of furan rings is 1. The average Bonchev–Trinajstić information content (AvgIpc) is 2.80. The van der Waals surface area contributed by atoms with Crippen LogP contribution in [0.2, 0.25) is 0 Å². The highest BCUT2D eigenvalue weighted by Gasteiger charge is 2.50. The molecular formula is C14H19NO4. The summed E-state index contributed by atoms with van der Waals surface area (Å²) >= 11 is 0. The van der Waals surface area contributed by atoms with Gasteiger partial charge >= 0.3 is 5.97 Å². The lowest BCUT2D eigenvalue weighted by molar-refractivity contribution is -0.143.